The summed E-state index contributed by atoms with van der Waals surface area (Å²) in [6.45, 7) is 1.99. The number of ether oxygens (including phenoxy) is 1. The molecule has 2 aromatic rings. The van der Waals surface area contributed by atoms with E-state index < -0.39 is 0 Å². The third kappa shape index (κ3) is 4.10. The molecule has 0 bridgehead atoms. The average molecular weight is 302 g/mol. The Balaban J connectivity index is 2.12. The van der Waals surface area contributed by atoms with Crippen molar-refractivity contribution in [3.8, 4) is 5.75 Å². The first-order valence-corrected chi connectivity index (χ1v) is 6.86. The summed E-state index contributed by atoms with van der Waals surface area (Å²) >= 11 is 6.00. The molecule has 0 aliphatic heterocycles. The number of rotatable bonds is 4. The van der Waals surface area contributed by atoms with Gasteiger partial charge in [-0.15, -0.1) is 0 Å². The third-order valence-electron chi connectivity index (χ3n) is 2.93. The zero-order valence-electron chi connectivity index (χ0n) is 11.9. The number of aryl methyl sites for hydroxylation is 1. The van der Waals surface area contributed by atoms with Crippen molar-refractivity contribution in [1.82, 2.24) is 0 Å². The fraction of sp³-hybridized carbons (Fsp3) is 0.118. The van der Waals surface area contributed by atoms with Crippen molar-refractivity contribution in [1.29, 1.82) is 0 Å². The molecule has 3 nitrogen and oxygen atoms in total. The summed E-state index contributed by atoms with van der Waals surface area (Å²) in [5.41, 5.74) is 2.54. The highest BCUT2D eigenvalue weighted by Crippen LogP contribution is 2.22. The Morgan fingerprint density at radius 1 is 1.24 bits per heavy atom. The van der Waals surface area contributed by atoms with Crippen molar-refractivity contribution in [3.05, 3.63) is 64.7 Å². The fourth-order valence-electron chi connectivity index (χ4n) is 1.89. The van der Waals surface area contributed by atoms with Crippen molar-refractivity contribution in [2.45, 2.75) is 6.92 Å². The molecule has 2 aromatic carbocycles. The van der Waals surface area contributed by atoms with Crippen LogP contribution in [0.15, 0.2) is 48.5 Å². The van der Waals surface area contributed by atoms with Crippen LogP contribution in [0, 0.1) is 6.92 Å². The van der Waals surface area contributed by atoms with E-state index in [0.717, 1.165) is 16.9 Å². The summed E-state index contributed by atoms with van der Waals surface area (Å²) in [6.07, 6.45) is 3.18. The minimum atomic E-state index is -0.244. The molecule has 0 heterocycles. The molecule has 1 N–H and O–H groups in total. The van der Waals surface area contributed by atoms with Crippen molar-refractivity contribution >= 4 is 29.3 Å². The number of benzene rings is 2. The Morgan fingerprint density at radius 2 is 2.00 bits per heavy atom. The van der Waals surface area contributed by atoms with Gasteiger partial charge in [-0.3, -0.25) is 4.79 Å². The molecule has 0 aromatic heterocycles. The van der Waals surface area contributed by atoms with Crippen LogP contribution in [0.2, 0.25) is 5.02 Å². The van der Waals surface area contributed by atoms with Gasteiger partial charge < -0.3 is 10.1 Å². The van der Waals surface area contributed by atoms with Gasteiger partial charge in [0.1, 0.15) is 5.75 Å². The molecule has 0 aliphatic rings. The van der Waals surface area contributed by atoms with E-state index in [1.807, 2.05) is 37.3 Å². The van der Waals surface area contributed by atoms with Crippen LogP contribution in [0.5, 0.6) is 5.75 Å². The second kappa shape index (κ2) is 6.95. The maximum atomic E-state index is 11.9. The van der Waals surface area contributed by atoms with Gasteiger partial charge in [0.25, 0.3) is 0 Å². The SMILES string of the molecule is COc1ccc(C)cc1C=CC(=O)Nc1ccccc1Cl. The Labute approximate surface area is 129 Å². The number of hydrogen-bond acceptors (Lipinski definition) is 2. The molecule has 21 heavy (non-hydrogen) atoms. The molecule has 4 heteroatoms. The first-order chi connectivity index (χ1) is 10.1. The highest BCUT2D eigenvalue weighted by molar-refractivity contribution is 6.33. The van der Waals surface area contributed by atoms with E-state index in [-0.39, 0.29) is 5.91 Å². The van der Waals surface area contributed by atoms with Gasteiger partial charge in [0, 0.05) is 11.6 Å². The Bertz CT molecular complexity index is 680. The van der Waals surface area contributed by atoms with Crippen LogP contribution < -0.4 is 10.1 Å². The molecule has 2 rings (SSSR count). The second-order valence-corrected chi connectivity index (χ2v) is 4.96. The van der Waals surface area contributed by atoms with Crippen LogP contribution in [0.3, 0.4) is 0 Å². The topological polar surface area (TPSA) is 38.3 Å². The van der Waals surface area contributed by atoms with Crippen LogP contribution in [-0.2, 0) is 4.79 Å². The van der Waals surface area contributed by atoms with Crippen LogP contribution >= 0.6 is 11.6 Å². The number of amides is 1. The average Bonchev–Trinajstić information content (AvgIpc) is 2.48. The maximum Gasteiger partial charge on any atom is 0.248 e. The van der Waals surface area contributed by atoms with Gasteiger partial charge in [0.15, 0.2) is 0 Å². The maximum absolute atomic E-state index is 11.9. The summed E-state index contributed by atoms with van der Waals surface area (Å²) in [5.74, 6) is 0.481. The number of anilines is 1. The van der Waals surface area contributed by atoms with Crippen molar-refractivity contribution < 1.29 is 9.53 Å². The first-order valence-electron chi connectivity index (χ1n) is 6.48. The molecule has 1 amide bonds. The van der Waals surface area contributed by atoms with Gasteiger partial charge in [-0.25, -0.2) is 0 Å². The fourth-order valence-corrected chi connectivity index (χ4v) is 2.07. The van der Waals surface area contributed by atoms with Gasteiger partial charge in [0.2, 0.25) is 5.91 Å². The highest BCUT2D eigenvalue weighted by atomic mass is 35.5. The van der Waals surface area contributed by atoms with Crippen LogP contribution in [-0.4, -0.2) is 13.0 Å². The normalized spacial score (nSPS) is 10.6. The minimum absolute atomic E-state index is 0.244. The van der Waals surface area contributed by atoms with Crippen LogP contribution in [0.1, 0.15) is 11.1 Å². The standard InChI is InChI=1S/C17H16ClNO2/c1-12-7-9-16(21-2)13(11-12)8-10-17(20)19-15-6-4-3-5-14(15)18/h3-11H,1-2H3,(H,19,20). The Morgan fingerprint density at radius 3 is 2.71 bits per heavy atom. The number of carbonyl (C=O) groups is 1. The molecule has 0 radical (unpaired) electrons. The lowest BCUT2D eigenvalue weighted by Gasteiger charge is -2.06. The lowest BCUT2D eigenvalue weighted by Crippen LogP contribution is -2.08. The van der Waals surface area contributed by atoms with Gasteiger partial charge >= 0.3 is 0 Å². The second-order valence-electron chi connectivity index (χ2n) is 4.55. The number of halogens is 1. The number of nitrogens with one attached hydrogen (secondary N) is 1. The lowest BCUT2D eigenvalue weighted by molar-refractivity contribution is -0.111. The molecule has 0 spiro atoms. The molecule has 0 saturated carbocycles. The molecule has 108 valence electrons. The zero-order chi connectivity index (χ0) is 15.2. The lowest BCUT2D eigenvalue weighted by atomic mass is 10.1. The largest absolute Gasteiger partial charge is 0.496 e. The first kappa shape index (κ1) is 15.1. The van der Waals surface area contributed by atoms with Gasteiger partial charge in [-0.05, 0) is 37.3 Å². The third-order valence-corrected chi connectivity index (χ3v) is 3.26. The number of para-hydroxylation sites is 1. The quantitative estimate of drug-likeness (QED) is 0.855. The van der Waals surface area contributed by atoms with Gasteiger partial charge in [0.05, 0.1) is 17.8 Å². The van der Waals surface area contributed by atoms with E-state index in [1.54, 1.807) is 25.3 Å². The molecule has 0 saturated heterocycles. The van der Waals surface area contributed by atoms with Gasteiger partial charge in [-0.2, -0.15) is 0 Å². The van der Waals surface area contributed by atoms with E-state index >= 15 is 0 Å². The van der Waals surface area contributed by atoms with E-state index in [9.17, 15) is 4.79 Å². The summed E-state index contributed by atoms with van der Waals surface area (Å²) in [5, 5.41) is 3.24. The smallest absolute Gasteiger partial charge is 0.248 e. The molecular weight excluding hydrogens is 286 g/mol. The van der Waals surface area contributed by atoms with E-state index in [1.165, 1.54) is 6.08 Å². The summed E-state index contributed by atoms with van der Waals surface area (Å²) in [7, 11) is 1.60. The van der Waals surface area contributed by atoms with Crippen molar-refractivity contribution in [2.75, 3.05) is 12.4 Å². The number of methoxy groups -OCH3 is 1. The molecule has 0 atom stereocenters. The van der Waals surface area contributed by atoms with E-state index in [2.05, 4.69) is 5.32 Å². The van der Waals surface area contributed by atoms with Crippen LogP contribution in [0.25, 0.3) is 6.08 Å². The predicted molar refractivity (Wildman–Crippen MR) is 86.8 cm³/mol. The van der Waals surface area contributed by atoms with E-state index in [4.69, 9.17) is 16.3 Å². The molecule has 0 aliphatic carbocycles. The number of carbonyl (C=O) groups excluding carboxylic acids is 1. The van der Waals surface area contributed by atoms with E-state index in [0.29, 0.717) is 10.7 Å². The molecule has 0 fully saturated rings. The molecule has 0 unspecified atom stereocenters. The Hall–Kier alpha value is -2.26. The van der Waals surface area contributed by atoms with Gasteiger partial charge in [-0.1, -0.05) is 35.4 Å². The molecular formula is C17H16ClNO2. The minimum Gasteiger partial charge on any atom is -0.496 e. The van der Waals surface area contributed by atoms with Crippen molar-refractivity contribution in [3.63, 3.8) is 0 Å². The van der Waals surface area contributed by atoms with Crippen molar-refractivity contribution in [2.24, 2.45) is 0 Å². The summed E-state index contributed by atoms with van der Waals surface area (Å²) in [6, 6.07) is 12.9. The zero-order valence-corrected chi connectivity index (χ0v) is 12.6. The summed E-state index contributed by atoms with van der Waals surface area (Å²) < 4.78 is 5.27. The van der Waals surface area contributed by atoms with Crippen LogP contribution in [0.4, 0.5) is 5.69 Å². The Kier molecular flexibility index (Phi) is 5.01. The monoisotopic (exact) mass is 301 g/mol. The highest BCUT2D eigenvalue weighted by Gasteiger charge is 2.03. The number of hydrogen-bond donors (Lipinski definition) is 1. The predicted octanol–water partition coefficient (Wildman–Crippen LogP) is 4.31. The summed E-state index contributed by atoms with van der Waals surface area (Å²) in [4.78, 5) is 11.9.